The summed E-state index contributed by atoms with van der Waals surface area (Å²) in [5, 5.41) is 3.41. The minimum absolute atomic E-state index is 0. The third-order valence-corrected chi connectivity index (χ3v) is 5.61. The number of carbonyl (C=O) groups is 1. The monoisotopic (exact) mass is 523 g/mol. The molecule has 0 radical (unpaired) electrons. The highest BCUT2D eigenvalue weighted by Gasteiger charge is 2.31. The van der Waals surface area contributed by atoms with Crippen molar-refractivity contribution in [1.82, 2.24) is 20.0 Å². The Hall–Kier alpha value is -0.650. The number of piperazine rings is 1. The van der Waals surface area contributed by atoms with Crippen LogP contribution in [-0.4, -0.2) is 110 Å². The molecule has 3 aliphatic heterocycles. The number of ether oxygens (including phenoxy) is 2. The molecule has 3 saturated heterocycles. The summed E-state index contributed by atoms with van der Waals surface area (Å²) in [6, 6.07) is 0. The van der Waals surface area contributed by atoms with Crippen molar-refractivity contribution < 1.29 is 14.3 Å². The first kappa shape index (κ1) is 24.6. The lowest BCUT2D eigenvalue weighted by Crippen LogP contribution is -2.55. The largest absolute Gasteiger partial charge is 0.373 e. The second kappa shape index (κ2) is 11.7. The molecule has 3 rings (SSSR count). The van der Waals surface area contributed by atoms with Gasteiger partial charge in [0.25, 0.3) is 5.91 Å². The fourth-order valence-corrected chi connectivity index (χ4v) is 4.14. The van der Waals surface area contributed by atoms with Gasteiger partial charge in [-0.25, -0.2) is 0 Å². The topological polar surface area (TPSA) is 69.6 Å². The van der Waals surface area contributed by atoms with E-state index in [1.807, 2.05) is 4.90 Å². The molecule has 0 aromatic heterocycles. The van der Waals surface area contributed by atoms with Crippen LogP contribution >= 0.6 is 24.0 Å². The summed E-state index contributed by atoms with van der Waals surface area (Å²) in [4.78, 5) is 24.0. The van der Waals surface area contributed by atoms with Gasteiger partial charge in [-0.1, -0.05) is 0 Å². The second-order valence-corrected chi connectivity index (χ2v) is 8.43. The van der Waals surface area contributed by atoms with Gasteiger partial charge in [-0.3, -0.25) is 14.7 Å². The minimum atomic E-state index is -0.216. The average molecular weight is 523 g/mol. The maximum atomic E-state index is 12.5. The van der Waals surface area contributed by atoms with Crippen LogP contribution < -0.4 is 5.32 Å². The van der Waals surface area contributed by atoms with Gasteiger partial charge in [0.15, 0.2) is 5.96 Å². The van der Waals surface area contributed by atoms with E-state index in [0.29, 0.717) is 6.61 Å². The molecule has 0 aliphatic carbocycles. The Labute approximate surface area is 192 Å². The first-order chi connectivity index (χ1) is 13.5. The van der Waals surface area contributed by atoms with Crippen LogP contribution in [0.2, 0.25) is 0 Å². The molecule has 3 fully saturated rings. The van der Waals surface area contributed by atoms with Gasteiger partial charge in [0.2, 0.25) is 0 Å². The van der Waals surface area contributed by atoms with Gasteiger partial charge in [-0.05, 0) is 33.6 Å². The maximum absolute atomic E-state index is 12.5. The lowest BCUT2D eigenvalue weighted by Gasteiger charge is -2.38. The molecule has 8 nitrogen and oxygen atoms in total. The predicted octanol–water partition coefficient (Wildman–Crippen LogP) is 1.00. The highest BCUT2D eigenvalue weighted by Crippen LogP contribution is 2.17. The van der Waals surface area contributed by atoms with Gasteiger partial charge in [0.1, 0.15) is 6.10 Å². The Bertz CT molecular complexity index is 546. The van der Waals surface area contributed by atoms with Crippen molar-refractivity contribution in [2.45, 2.75) is 45.3 Å². The zero-order valence-corrected chi connectivity index (χ0v) is 20.5. The molecule has 1 amide bonds. The van der Waals surface area contributed by atoms with Crippen molar-refractivity contribution in [2.24, 2.45) is 4.99 Å². The molecule has 29 heavy (non-hydrogen) atoms. The zero-order chi connectivity index (χ0) is 20.0. The van der Waals surface area contributed by atoms with Crippen LogP contribution in [0.15, 0.2) is 4.99 Å². The lowest BCUT2D eigenvalue weighted by molar-refractivity contribution is -0.142. The Morgan fingerprint density at radius 2 is 1.86 bits per heavy atom. The first-order valence-corrected chi connectivity index (χ1v) is 10.8. The average Bonchev–Trinajstić information content (AvgIpc) is 3.21. The van der Waals surface area contributed by atoms with E-state index in [1.165, 1.54) is 0 Å². The molecule has 9 heteroatoms. The van der Waals surface area contributed by atoms with E-state index in [9.17, 15) is 4.79 Å². The summed E-state index contributed by atoms with van der Waals surface area (Å²) in [7, 11) is 0. The molecule has 3 heterocycles. The Kier molecular flexibility index (Phi) is 9.90. The van der Waals surface area contributed by atoms with Crippen molar-refractivity contribution in [2.75, 3.05) is 72.1 Å². The Morgan fingerprint density at radius 1 is 1.14 bits per heavy atom. The summed E-state index contributed by atoms with van der Waals surface area (Å²) in [6.45, 7) is 15.5. The number of hydrogen-bond acceptors (Lipinski definition) is 5. The number of nitrogens with zero attached hydrogens (tertiary/aromatic N) is 4. The van der Waals surface area contributed by atoms with Gasteiger partial charge >= 0.3 is 0 Å². The van der Waals surface area contributed by atoms with Crippen molar-refractivity contribution in [3.05, 3.63) is 0 Å². The standard InChI is InChI=1S/C20H37N5O3.HI/c1-4-21-19(22-7-8-23-13-15-28-20(2,3)16-23)25-11-9-24(10-12-25)18(26)17-6-5-14-27-17;/h17H,4-16H2,1-3H3,(H,21,22);1H. The van der Waals surface area contributed by atoms with E-state index in [0.717, 1.165) is 84.3 Å². The zero-order valence-electron chi connectivity index (χ0n) is 18.2. The van der Waals surface area contributed by atoms with E-state index in [-0.39, 0.29) is 41.6 Å². The fraction of sp³-hybridized carbons (Fsp3) is 0.900. The number of rotatable bonds is 5. The van der Waals surface area contributed by atoms with E-state index in [4.69, 9.17) is 14.5 Å². The molecular weight excluding hydrogens is 485 g/mol. The van der Waals surface area contributed by atoms with E-state index in [2.05, 4.69) is 35.9 Å². The number of amides is 1. The summed E-state index contributed by atoms with van der Waals surface area (Å²) < 4.78 is 11.3. The van der Waals surface area contributed by atoms with Crippen molar-refractivity contribution >= 4 is 35.8 Å². The molecule has 1 N–H and O–H groups in total. The van der Waals surface area contributed by atoms with E-state index in [1.54, 1.807) is 0 Å². The number of guanidine groups is 1. The third-order valence-electron chi connectivity index (χ3n) is 5.61. The number of hydrogen-bond donors (Lipinski definition) is 1. The van der Waals surface area contributed by atoms with Crippen LogP contribution in [0.25, 0.3) is 0 Å². The SMILES string of the molecule is CCNC(=NCCN1CCOC(C)(C)C1)N1CCN(C(=O)C2CCCO2)CC1.I. The van der Waals surface area contributed by atoms with Crippen LogP contribution in [0.3, 0.4) is 0 Å². The van der Waals surface area contributed by atoms with Crippen molar-refractivity contribution in [1.29, 1.82) is 0 Å². The molecule has 1 unspecified atom stereocenters. The van der Waals surface area contributed by atoms with Crippen LogP contribution in [0, 0.1) is 0 Å². The normalized spacial score (nSPS) is 25.6. The number of halogens is 1. The summed E-state index contributed by atoms with van der Waals surface area (Å²) in [5.41, 5.74) is -0.0711. The van der Waals surface area contributed by atoms with Gasteiger partial charge < -0.3 is 24.6 Å². The van der Waals surface area contributed by atoms with Gasteiger partial charge in [-0.15, -0.1) is 24.0 Å². The Morgan fingerprint density at radius 3 is 2.48 bits per heavy atom. The highest BCUT2D eigenvalue weighted by molar-refractivity contribution is 14.0. The van der Waals surface area contributed by atoms with Crippen LogP contribution in [0.1, 0.15) is 33.6 Å². The van der Waals surface area contributed by atoms with E-state index < -0.39 is 0 Å². The van der Waals surface area contributed by atoms with E-state index >= 15 is 0 Å². The minimum Gasteiger partial charge on any atom is -0.373 e. The van der Waals surface area contributed by atoms with Gasteiger partial charge in [0.05, 0.1) is 18.8 Å². The number of carbonyl (C=O) groups excluding carboxylic acids is 1. The lowest BCUT2D eigenvalue weighted by atomic mass is 10.1. The van der Waals surface area contributed by atoms with Gasteiger partial charge in [-0.2, -0.15) is 0 Å². The highest BCUT2D eigenvalue weighted by atomic mass is 127. The molecule has 0 bridgehead atoms. The quantitative estimate of drug-likeness (QED) is 0.330. The van der Waals surface area contributed by atoms with Crippen LogP contribution in [-0.2, 0) is 14.3 Å². The Balaban J connectivity index is 0.00000300. The molecular formula is C20H38IN5O3. The fourth-order valence-electron chi connectivity index (χ4n) is 4.14. The molecule has 0 saturated carbocycles. The second-order valence-electron chi connectivity index (χ2n) is 8.43. The number of aliphatic imine (C=N–C) groups is 1. The van der Waals surface area contributed by atoms with Crippen molar-refractivity contribution in [3.8, 4) is 0 Å². The molecule has 1 atom stereocenters. The summed E-state index contributed by atoms with van der Waals surface area (Å²) in [5.74, 6) is 1.12. The molecule has 168 valence electrons. The molecule has 0 aromatic carbocycles. The van der Waals surface area contributed by atoms with Crippen LogP contribution in [0.4, 0.5) is 0 Å². The first-order valence-electron chi connectivity index (χ1n) is 10.8. The number of morpholine rings is 1. The summed E-state index contributed by atoms with van der Waals surface area (Å²) in [6.07, 6.45) is 1.64. The van der Waals surface area contributed by atoms with Crippen LogP contribution in [0.5, 0.6) is 0 Å². The maximum Gasteiger partial charge on any atom is 0.251 e. The smallest absolute Gasteiger partial charge is 0.251 e. The number of nitrogens with one attached hydrogen (secondary N) is 1. The predicted molar refractivity (Wildman–Crippen MR) is 125 cm³/mol. The summed E-state index contributed by atoms with van der Waals surface area (Å²) >= 11 is 0. The molecule has 3 aliphatic rings. The third kappa shape index (κ3) is 7.22. The van der Waals surface area contributed by atoms with Crippen molar-refractivity contribution in [3.63, 3.8) is 0 Å². The molecule has 0 spiro atoms. The van der Waals surface area contributed by atoms with Gasteiger partial charge in [0, 0.05) is 59.0 Å². The molecule has 0 aromatic rings.